The third kappa shape index (κ3) is 4.43. The van der Waals surface area contributed by atoms with Gasteiger partial charge < -0.3 is 14.4 Å². The van der Waals surface area contributed by atoms with Crippen molar-refractivity contribution in [3.63, 3.8) is 0 Å². The highest BCUT2D eigenvalue weighted by molar-refractivity contribution is 7.85. The van der Waals surface area contributed by atoms with Crippen molar-refractivity contribution in [3.05, 3.63) is 11.0 Å². The zero-order valence-electron chi connectivity index (χ0n) is 13.3. The molecule has 0 amide bonds. The first-order chi connectivity index (χ1) is 10.9. The molecule has 0 spiro atoms. The number of fused-ring (bicyclic) bond motifs is 3. The molecule has 1 aromatic rings. The molecule has 0 aromatic carbocycles. The Morgan fingerprint density at radius 1 is 1.35 bits per heavy atom. The number of rotatable bonds is 3. The van der Waals surface area contributed by atoms with Crippen molar-refractivity contribution in [2.45, 2.75) is 26.5 Å². The molecular weight excluding hydrogens is 346 g/mol. The monoisotopic (exact) mass is 365 g/mol. The zero-order valence-corrected chi connectivity index (χ0v) is 14.9. The highest BCUT2D eigenvalue weighted by Crippen LogP contribution is 2.36. The quantitative estimate of drug-likeness (QED) is 0.583. The second-order valence-electron chi connectivity index (χ2n) is 4.79. The van der Waals surface area contributed by atoms with Crippen LogP contribution in [0.3, 0.4) is 0 Å². The number of ether oxygens (including phenoxy) is 2. The van der Waals surface area contributed by atoms with Crippen LogP contribution in [0.15, 0.2) is 0 Å². The van der Waals surface area contributed by atoms with Crippen molar-refractivity contribution in [1.29, 1.82) is 0 Å². The summed E-state index contributed by atoms with van der Waals surface area (Å²) in [5.74, 6) is 0.975. The minimum Gasteiger partial charge on any atom is -0.486 e. The molecule has 3 rings (SSSR count). The van der Waals surface area contributed by atoms with Gasteiger partial charge in [0.15, 0.2) is 11.6 Å². The van der Waals surface area contributed by atoms with E-state index in [9.17, 15) is 8.42 Å². The number of nitrogens with zero attached hydrogens (tertiary/aromatic N) is 3. The molecule has 10 heteroatoms. The lowest BCUT2D eigenvalue weighted by atomic mass is 10.2. The Balaban J connectivity index is 0.000000924. The molecule has 23 heavy (non-hydrogen) atoms. The molecule has 130 valence electrons. The fourth-order valence-corrected chi connectivity index (χ4v) is 2.82. The summed E-state index contributed by atoms with van der Waals surface area (Å²) in [7, 11) is -3.58. The standard InChI is InChI=1S/C11H14ClN3O5S.C2H6/c1-21(16,17)20-6-8-9-10(14-11(12)13-8)15-2-3-18-4-7(15)5-19-9;1-2/h7H,2-6H2,1H3;1-2H3. The van der Waals surface area contributed by atoms with Crippen LogP contribution in [0.25, 0.3) is 0 Å². The lowest BCUT2D eigenvalue weighted by Crippen LogP contribution is -2.51. The van der Waals surface area contributed by atoms with Gasteiger partial charge in [-0.05, 0) is 11.6 Å². The summed E-state index contributed by atoms with van der Waals surface area (Å²) in [4.78, 5) is 10.2. The molecule has 1 fully saturated rings. The van der Waals surface area contributed by atoms with Crippen LogP contribution in [-0.4, -0.2) is 57.0 Å². The van der Waals surface area contributed by atoms with Gasteiger partial charge in [-0.1, -0.05) is 13.8 Å². The molecule has 0 bridgehead atoms. The number of halogens is 1. The maximum atomic E-state index is 11.1. The van der Waals surface area contributed by atoms with E-state index in [1.807, 2.05) is 18.7 Å². The lowest BCUT2D eigenvalue weighted by Gasteiger charge is -2.40. The van der Waals surface area contributed by atoms with Crippen LogP contribution in [0, 0.1) is 0 Å². The van der Waals surface area contributed by atoms with Crippen LogP contribution in [0.1, 0.15) is 19.5 Å². The van der Waals surface area contributed by atoms with E-state index in [1.165, 1.54) is 0 Å². The highest BCUT2D eigenvalue weighted by Gasteiger charge is 2.34. The van der Waals surface area contributed by atoms with Crippen LogP contribution in [0.5, 0.6) is 5.75 Å². The Kier molecular flexibility index (Phi) is 6.01. The maximum absolute atomic E-state index is 11.1. The van der Waals surface area contributed by atoms with E-state index in [0.717, 1.165) is 6.26 Å². The zero-order chi connectivity index (χ0) is 17.0. The van der Waals surface area contributed by atoms with Crippen molar-refractivity contribution in [3.8, 4) is 5.75 Å². The number of morpholine rings is 1. The first-order valence-corrected chi connectivity index (χ1v) is 9.51. The largest absolute Gasteiger partial charge is 0.486 e. The van der Waals surface area contributed by atoms with Crippen LogP contribution in [0.2, 0.25) is 5.28 Å². The molecule has 1 saturated heterocycles. The van der Waals surface area contributed by atoms with Crippen molar-refractivity contribution in [2.75, 3.05) is 37.5 Å². The van der Waals surface area contributed by atoms with E-state index in [-0.39, 0.29) is 17.9 Å². The molecule has 2 aliphatic rings. The summed E-state index contributed by atoms with van der Waals surface area (Å²) >= 11 is 5.92. The van der Waals surface area contributed by atoms with Crippen LogP contribution in [0.4, 0.5) is 5.82 Å². The second-order valence-corrected chi connectivity index (χ2v) is 6.77. The molecule has 0 N–H and O–H groups in total. The summed E-state index contributed by atoms with van der Waals surface area (Å²) in [5.41, 5.74) is 0.320. The van der Waals surface area contributed by atoms with E-state index in [4.69, 9.17) is 25.3 Å². The minimum atomic E-state index is -3.58. The van der Waals surface area contributed by atoms with Crippen molar-refractivity contribution >= 4 is 27.5 Å². The number of anilines is 1. The first kappa shape index (κ1) is 18.2. The van der Waals surface area contributed by atoms with Gasteiger partial charge in [0.2, 0.25) is 5.28 Å². The Morgan fingerprint density at radius 3 is 2.78 bits per heavy atom. The predicted octanol–water partition coefficient (Wildman–Crippen LogP) is 1.23. The number of hydrogen-bond acceptors (Lipinski definition) is 8. The highest BCUT2D eigenvalue weighted by atomic mass is 35.5. The summed E-state index contributed by atoms with van der Waals surface area (Å²) in [5, 5.41) is 0.0246. The number of aromatic nitrogens is 2. The van der Waals surface area contributed by atoms with Gasteiger partial charge in [-0.15, -0.1) is 0 Å². The van der Waals surface area contributed by atoms with Crippen LogP contribution >= 0.6 is 11.6 Å². The summed E-state index contributed by atoms with van der Waals surface area (Å²) in [6.07, 6.45) is 0.973. The Hall–Kier alpha value is -1.16. The Bertz CT molecular complexity index is 655. The van der Waals surface area contributed by atoms with Gasteiger partial charge in [-0.3, -0.25) is 4.18 Å². The average Bonchev–Trinajstić information content (AvgIpc) is 2.53. The van der Waals surface area contributed by atoms with Gasteiger partial charge in [0.05, 0.1) is 25.5 Å². The molecule has 2 aliphatic heterocycles. The molecular formula is C13H20ClN3O5S. The molecule has 0 saturated carbocycles. The van der Waals surface area contributed by atoms with E-state index < -0.39 is 10.1 Å². The SMILES string of the molecule is CC.CS(=O)(=O)OCc1nc(Cl)nc2c1OCC1COCCN21. The van der Waals surface area contributed by atoms with Crippen molar-refractivity contribution in [2.24, 2.45) is 0 Å². The summed E-state index contributed by atoms with van der Waals surface area (Å²) in [6, 6.07) is 0.0703. The molecule has 1 unspecified atom stereocenters. The first-order valence-electron chi connectivity index (χ1n) is 7.32. The van der Waals surface area contributed by atoms with E-state index in [0.29, 0.717) is 43.6 Å². The van der Waals surface area contributed by atoms with Gasteiger partial charge >= 0.3 is 0 Å². The van der Waals surface area contributed by atoms with Gasteiger partial charge in [-0.2, -0.15) is 13.4 Å². The van der Waals surface area contributed by atoms with E-state index >= 15 is 0 Å². The predicted molar refractivity (Wildman–Crippen MR) is 85.5 cm³/mol. The summed E-state index contributed by atoms with van der Waals surface area (Å²) < 4.78 is 38.1. The average molecular weight is 366 g/mol. The fourth-order valence-electron chi connectivity index (χ4n) is 2.31. The second kappa shape index (κ2) is 7.61. The Morgan fingerprint density at radius 2 is 2.09 bits per heavy atom. The molecule has 3 heterocycles. The smallest absolute Gasteiger partial charge is 0.264 e. The minimum absolute atomic E-state index is 0.0246. The van der Waals surface area contributed by atoms with Crippen LogP contribution < -0.4 is 9.64 Å². The maximum Gasteiger partial charge on any atom is 0.264 e. The summed E-state index contributed by atoms with van der Waals surface area (Å²) in [6.45, 7) is 5.99. The third-order valence-electron chi connectivity index (χ3n) is 3.22. The molecule has 0 aliphatic carbocycles. The fraction of sp³-hybridized carbons (Fsp3) is 0.692. The molecule has 8 nitrogen and oxygen atoms in total. The lowest BCUT2D eigenvalue weighted by molar-refractivity contribution is 0.0689. The topological polar surface area (TPSA) is 90.9 Å². The number of hydrogen-bond donors (Lipinski definition) is 0. The van der Waals surface area contributed by atoms with E-state index in [2.05, 4.69) is 9.97 Å². The third-order valence-corrected chi connectivity index (χ3v) is 3.93. The van der Waals surface area contributed by atoms with Crippen LogP contribution in [-0.2, 0) is 25.6 Å². The van der Waals surface area contributed by atoms with E-state index in [1.54, 1.807) is 0 Å². The van der Waals surface area contributed by atoms with Crippen molar-refractivity contribution < 1.29 is 22.1 Å². The Labute approximate surface area is 140 Å². The van der Waals surface area contributed by atoms with Gasteiger partial charge in [0, 0.05) is 6.54 Å². The van der Waals surface area contributed by atoms with Crippen molar-refractivity contribution in [1.82, 2.24) is 9.97 Å². The van der Waals surface area contributed by atoms with Gasteiger partial charge in [-0.25, -0.2) is 4.98 Å². The normalized spacial score (nSPS) is 19.8. The van der Waals surface area contributed by atoms with Gasteiger partial charge in [0.25, 0.3) is 10.1 Å². The molecule has 1 aromatic heterocycles. The molecule has 0 radical (unpaired) electrons. The van der Waals surface area contributed by atoms with Gasteiger partial charge in [0.1, 0.15) is 18.9 Å². The molecule has 1 atom stereocenters.